The first-order chi connectivity index (χ1) is 7.36. The van der Waals surface area contributed by atoms with Gasteiger partial charge in [-0.1, -0.05) is 6.07 Å². The van der Waals surface area contributed by atoms with E-state index in [1.807, 2.05) is 24.4 Å². The largest absolute Gasteiger partial charge is 0.324 e. The van der Waals surface area contributed by atoms with E-state index in [4.69, 9.17) is 5.73 Å². The van der Waals surface area contributed by atoms with Crippen LogP contribution >= 0.6 is 11.3 Å². The van der Waals surface area contributed by atoms with Crippen LogP contribution < -0.4 is 5.73 Å². The van der Waals surface area contributed by atoms with Gasteiger partial charge in [0.05, 0.1) is 0 Å². The molecule has 0 spiro atoms. The molecule has 0 radical (unpaired) electrons. The van der Waals surface area contributed by atoms with Crippen molar-refractivity contribution in [1.82, 2.24) is 4.98 Å². The van der Waals surface area contributed by atoms with Crippen LogP contribution in [0, 0.1) is 0 Å². The molecule has 78 valence electrons. The molecule has 2 rings (SSSR count). The summed E-state index contributed by atoms with van der Waals surface area (Å²) in [6.45, 7) is 0. The molecule has 2 N–H and O–H groups in total. The van der Waals surface area contributed by atoms with E-state index in [1.165, 1.54) is 5.56 Å². The Hall–Kier alpha value is -1.19. The Morgan fingerprint density at radius 3 is 2.93 bits per heavy atom. The summed E-state index contributed by atoms with van der Waals surface area (Å²) in [4.78, 5) is 4.28. The molecule has 0 fully saturated rings. The quantitative estimate of drug-likeness (QED) is 0.857. The summed E-state index contributed by atoms with van der Waals surface area (Å²) in [6.07, 6.45) is 3.72. The number of aromatic nitrogens is 1. The van der Waals surface area contributed by atoms with Crippen LogP contribution in [-0.2, 0) is 6.42 Å². The third-order valence-corrected chi connectivity index (χ3v) is 3.11. The molecule has 0 amide bonds. The molecule has 0 saturated heterocycles. The van der Waals surface area contributed by atoms with Gasteiger partial charge in [-0.05, 0) is 47.4 Å². The van der Waals surface area contributed by atoms with Crippen molar-refractivity contribution in [1.29, 1.82) is 0 Å². The summed E-state index contributed by atoms with van der Waals surface area (Å²) in [7, 11) is 0. The van der Waals surface area contributed by atoms with Crippen molar-refractivity contribution in [3.8, 4) is 0 Å². The lowest BCUT2D eigenvalue weighted by Crippen LogP contribution is -2.10. The predicted octanol–water partition coefficient (Wildman–Crippen LogP) is 2.78. The summed E-state index contributed by atoms with van der Waals surface area (Å²) in [5, 5.41) is 4.18. The van der Waals surface area contributed by atoms with Crippen molar-refractivity contribution in [3.05, 3.63) is 52.5 Å². The minimum Gasteiger partial charge on any atom is -0.324 e. The van der Waals surface area contributed by atoms with Crippen LogP contribution in [0.5, 0.6) is 0 Å². The third-order valence-electron chi connectivity index (χ3n) is 2.41. The van der Waals surface area contributed by atoms with Gasteiger partial charge in [0, 0.05) is 17.9 Å². The zero-order valence-electron chi connectivity index (χ0n) is 8.47. The second-order valence-corrected chi connectivity index (χ2v) is 4.30. The van der Waals surface area contributed by atoms with Gasteiger partial charge in [-0.3, -0.25) is 4.98 Å². The maximum atomic E-state index is 6.07. The Labute approximate surface area is 93.8 Å². The average Bonchev–Trinajstić information content (AvgIpc) is 2.81. The second-order valence-electron chi connectivity index (χ2n) is 3.52. The van der Waals surface area contributed by atoms with Crippen molar-refractivity contribution in [2.75, 3.05) is 0 Å². The third kappa shape index (κ3) is 2.88. The van der Waals surface area contributed by atoms with Crippen LogP contribution in [-0.4, -0.2) is 4.98 Å². The van der Waals surface area contributed by atoms with Crippen LogP contribution in [0.4, 0.5) is 0 Å². The highest BCUT2D eigenvalue weighted by atomic mass is 32.1. The molecule has 0 aromatic carbocycles. The Morgan fingerprint density at radius 1 is 1.33 bits per heavy atom. The summed E-state index contributed by atoms with van der Waals surface area (Å²) in [6, 6.07) is 8.22. The van der Waals surface area contributed by atoms with E-state index in [0.29, 0.717) is 0 Å². The molecule has 1 unspecified atom stereocenters. The number of hydrogen-bond donors (Lipinski definition) is 1. The van der Waals surface area contributed by atoms with Crippen molar-refractivity contribution < 1.29 is 0 Å². The maximum Gasteiger partial charge on any atom is 0.0404 e. The van der Waals surface area contributed by atoms with Gasteiger partial charge in [-0.2, -0.15) is 11.3 Å². The molecule has 2 nitrogen and oxygen atoms in total. The van der Waals surface area contributed by atoms with E-state index in [-0.39, 0.29) is 6.04 Å². The molecule has 0 aliphatic carbocycles. The lowest BCUT2D eigenvalue weighted by molar-refractivity contribution is 0.646. The van der Waals surface area contributed by atoms with Gasteiger partial charge < -0.3 is 5.73 Å². The Kier molecular flexibility index (Phi) is 3.48. The Bertz CT molecular complexity index is 383. The van der Waals surface area contributed by atoms with E-state index in [2.05, 4.69) is 21.8 Å². The van der Waals surface area contributed by atoms with Crippen molar-refractivity contribution in [3.63, 3.8) is 0 Å². The lowest BCUT2D eigenvalue weighted by Gasteiger charge is -2.08. The molecule has 2 aromatic rings. The van der Waals surface area contributed by atoms with Crippen molar-refractivity contribution in [2.24, 2.45) is 5.73 Å². The van der Waals surface area contributed by atoms with E-state index < -0.39 is 0 Å². The van der Waals surface area contributed by atoms with Gasteiger partial charge in [0.2, 0.25) is 0 Å². The number of nitrogens with zero attached hydrogens (tertiary/aromatic N) is 1. The summed E-state index contributed by atoms with van der Waals surface area (Å²) < 4.78 is 0. The summed E-state index contributed by atoms with van der Waals surface area (Å²) in [5.74, 6) is 0. The molecule has 2 aromatic heterocycles. The van der Waals surface area contributed by atoms with Gasteiger partial charge in [-0.25, -0.2) is 0 Å². The van der Waals surface area contributed by atoms with Crippen molar-refractivity contribution >= 4 is 11.3 Å². The van der Waals surface area contributed by atoms with Crippen molar-refractivity contribution in [2.45, 2.75) is 18.9 Å². The molecule has 0 saturated carbocycles. The number of rotatable bonds is 4. The summed E-state index contributed by atoms with van der Waals surface area (Å²) in [5.41, 5.74) is 8.41. The molecule has 0 aliphatic heterocycles. The standard InChI is InChI=1S/C12H14N2S/c13-12(10-6-8-15-9-10)5-4-11-3-1-2-7-14-11/h1-3,6-9,12H,4-5,13H2. The molecule has 0 aliphatic rings. The first-order valence-electron chi connectivity index (χ1n) is 5.04. The normalized spacial score (nSPS) is 12.6. The number of thiophene rings is 1. The van der Waals surface area contributed by atoms with Gasteiger partial charge in [0.1, 0.15) is 0 Å². The second kappa shape index (κ2) is 5.05. The average molecular weight is 218 g/mol. The molecular formula is C12H14N2S. The highest BCUT2D eigenvalue weighted by molar-refractivity contribution is 7.07. The topological polar surface area (TPSA) is 38.9 Å². The monoisotopic (exact) mass is 218 g/mol. The van der Waals surface area contributed by atoms with Crippen LogP contribution in [0.15, 0.2) is 41.2 Å². The number of nitrogens with two attached hydrogens (primary N) is 1. The lowest BCUT2D eigenvalue weighted by atomic mass is 10.0. The minimum atomic E-state index is 0.137. The van der Waals surface area contributed by atoms with Crippen LogP contribution in [0.25, 0.3) is 0 Å². The first-order valence-corrected chi connectivity index (χ1v) is 5.98. The van der Waals surface area contributed by atoms with Gasteiger partial charge in [0.25, 0.3) is 0 Å². The SMILES string of the molecule is NC(CCc1ccccn1)c1ccsc1. The zero-order chi connectivity index (χ0) is 10.5. The highest BCUT2D eigenvalue weighted by Crippen LogP contribution is 2.18. The number of aryl methyl sites for hydroxylation is 1. The summed E-state index contributed by atoms with van der Waals surface area (Å²) >= 11 is 1.69. The number of hydrogen-bond acceptors (Lipinski definition) is 3. The fourth-order valence-corrected chi connectivity index (χ4v) is 2.23. The first kappa shape index (κ1) is 10.3. The predicted molar refractivity (Wildman–Crippen MR) is 63.8 cm³/mol. The van der Waals surface area contributed by atoms with E-state index >= 15 is 0 Å². The molecule has 3 heteroatoms. The Morgan fingerprint density at radius 2 is 2.27 bits per heavy atom. The van der Waals surface area contributed by atoms with Crippen LogP contribution in [0.3, 0.4) is 0 Å². The van der Waals surface area contributed by atoms with E-state index in [0.717, 1.165) is 18.5 Å². The van der Waals surface area contributed by atoms with E-state index in [9.17, 15) is 0 Å². The molecule has 1 atom stereocenters. The van der Waals surface area contributed by atoms with Gasteiger partial charge in [0.15, 0.2) is 0 Å². The van der Waals surface area contributed by atoms with E-state index in [1.54, 1.807) is 11.3 Å². The molecule has 15 heavy (non-hydrogen) atoms. The van der Waals surface area contributed by atoms with Gasteiger partial charge in [-0.15, -0.1) is 0 Å². The van der Waals surface area contributed by atoms with Gasteiger partial charge >= 0.3 is 0 Å². The molecular weight excluding hydrogens is 204 g/mol. The van der Waals surface area contributed by atoms with Crippen LogP contribution in [0.2, 0.25) is 0 Å². The Balaban J connectivity index is 1.89. The number of pyridine rings is 1. The zero-order valence-corrected chi connectivity index (χ0v) is 9.28. The maximum absolute atomic E-state index is 6.07. The minimum absolute atomic E-state index is 0.137. The fourth-order valence-electron chi connectivity index (χ4n) is 1.50. The van der Waals surface area contributed by atoms with Crippen LogP contribution in [0.1, 0.15) is 23.7 Å². The highest BCUT2D eigenvalue weighted by Gasteiger charge is 2.06. The smallest absolute Gasteiger partial charge is 0.0404 e. The molecule has 0 bridgehead atoms. The fraction of sp³-hybridized carbons (Fsp3) is 0.250. The molecule has 2 heterocycles.